The van der Waals surface area contributed by atoms with Gasteiger partial charge in [-0.1, -0.05) is 0 Å². The highest BCUT2D eigenvalue weighted by molar-refractivity contribution is 5.20. The van der Waals surface area contributed by atoms with Gasteiger partial charge < -0.3 is 10.1 Å². The largest absolute Gasteiger partial charge is 0.473 e. The molecule has 2 heterocycles. The molecule has 0 aliphatic carbocycles. The van der Waals surface area contributed by atoms with Crippen LogP contribution in [-0.2, 0) is 6.18 Å². The molecule has 0 aromatic carbocycles. The monoisotopic (exact) mass is 246 g/mol. The fourth-order valence-corrected chi connectivity index (χ4v) is 1.71. The number of halogens is 3. The van der Waals surface area contributed by atoms with Gasteiger partial charge in [-0.25, -0.2) is 4.98 Å². The summed E-state index contributed by atoms with van der Waals surface area (Å²) in [5.74, 6) is 0.242. The molecule has 0 bridgehead atoms. The number of rotatable bonds is 2. The molecule has 0 radical (unpaired) electrons. The molecule has 17 heavy (non-hydrogen) atoms. The van der Waals surface area contributed by atoms with E-state index in [1.165, 1.54) is 6.07 Å². The van der Waals surface area contributed by atoms with Crippen LogP contribution in [0.5, 0.6) is 5.88 Å². The molecule has 1 N–H and O–H groups in total. The van der Waals surface area contributed by atoms with Crippen LogP contribution in [0.15, 0.2) is 18.3 Å². The van der Waals surface area contributed by atoms with Crippen LogP contribution in [-0.4, -0.2) is 24.2 Å². The Hall–Kier alpha value is -1.30. The fraction of sp³-hybridized carbons (Fsp3) is 0.545. The standard InChI is InChI=1S/C11H13F3N2O/c12-11(13,14)8-3-4-10(16-6-8)17-9-2-1-5-15-7-9/h3-4,6,9,15H,1-2,5,7H2/t9-/m0/s1. The molecule has 1 atom stereocenters. The smallest absolute Gasteiger partial charge is 0.417 e. The van der Waals surface area contributed by atoms with Crippen LogP contribution in [0, 0.1) is 0 Å². The molecule has 0 amide bonds. The Bertz CT molecular complexity index is 358. The molecule has 94 valence electrons. The minimum Gasteiger partial charge on any atom is -0.473 e. The van der Waals surface area contributed by atoms with E-state index in [1.807, 2.05) is 0 Å². The first-order valence-electron chi connectivity index (χ1n) is 5.46. The van der Waals surface area contributed by atoms with Crippen LogP contribution in [0.3, 0.4) is 0 Å². The highest BCUT2D eigenvalue weighted by Gasteiger charge is 2.30. The van der Waals surface area contributed by atoms with Crippen LogP contribution in [0.25, 0.3) is 0 Å². The van der Waals surface area contributed by atoms with Gasteiger partial charge in [-0.15, -0.1) is 0 Å². The predicted octanol–water partition coefficient (Wildman–Crippen LogP) is 2.23. The number of hydrogen-bond donors (Lipinski definition) is 1. The van der Waals surface area contributed by atoms with Gasteiger partial charge in [0.1, 0.15) is 6.10 Å². The summed E-state index contributed by atoms with van der Waals surface area (Å²) >= 11 is 0. The van der Waals surface area contributed by atoms with Crippen LogP contribution >= 0.6 is 0 Å². The number of pyridine rings is 1. The van der Waals surface area contributed by atoms with E-state index in [0.717, 1.165) is 31.6 Å². The second-order valence-corrected chi connectivity index (χ2v) is 3.97. The molecule has 1 fully saturated rings. The molecular weight excluding hydrogens is 233 g/mol. The van der Waals surface area contributed by atoms with Crippen LogP contribution in [0.4, 0.5) is 13.2 Å². The quantitative estimate of drug-likeness (QED) is 0.868. The molecular formula is C11H13F3N2O. The Kier molecular flexibility index (Phi) is 3.51. The van der Waals surface area contributed by atoms with E-state index < -0.39 is 11.7 Å². The average Bonchev–Trinajstić information content (AvgIpc) is 2.30. The number of piperidine rings is 1. The topological polar surface area (TPSA) is 34.1 Å². The van der Waals surface area contributed by atoms with Gasteiger partial charge in [0.25, 0.3) is 0 Å². The van der Waals surface area contributed by atoms with Gasteiger partial charge in [-0.2, -0.15) is 13.2 Å². The summed E-state index contributed by atoms with van der Waals surface area (Å²) in [6.45, 7) is 1.67. The molecule has 6 heteroatoms. The minimum atomic E-state index is -4.35. The summed E-state index contributed by atoms with van der Waals surface area (Å²) in [5.41, 5.74) is -0.758. The van der Waals surface area contributed by atoms with E-state index in [0.29, 0.717) is 6.54 Å². The van der Waals surface area contributed by atoms with Gasteiger partial charge in [0.15, 0.2) is 0 Å². The zero-order valence-electron chi connectivity index (χ0n) is 9.13. The normalized spacial score (nSPS) is 21.2. The third-order valence-corrected chi connectivity index (χ3v) is 2.60. The second kappa shape index (κ2) is 4.91. The van der Waals surface area contributed by atoms with Gasteiger partial charge in [0.2, 0.25) is 5.88 Å². The van der Waals surface area contributed by atoms with Gasteiger partial charge in [0.05, 0.1) is 5.56 Å². The maximum atomic E-state index is 12.3. The molecule has 0 spiro atoms. The summed E-state index contributed by atoms with van der Waals surface area (Å²) in [4.78, 5) is 3.67. The van der Waals surface area contributed by atoms with E-state index in [1.54, 1.807) is 0 Å². The van der Waals surface area contributed by atoms with Gasteiger partial charge in [-0.05, 0) is 25.5 Å². The lowest BCUT2D eigenvalue weighted by Crippen LogP contribution is -2.37. The summed E-state index contributed by atoms with van der Waals surface area (Å²) < 4.78 is 42.3. The van der Waals surface area contributed by atoms with E-state index in [9.17, 15) is 13.2 Å². The van der Waals surface area contributed by atoms with Crippen LogP contribution < -0.4 is 10.1 Å². The molecule has 1 aliphatic heterocycles. The van der Waals surface area contributed by atoms with Crippen molar-refractivity contribution in [3.05, 3.63) is 23.9 Å². The van der Waals surface area contributed by atoms with Crippen molar-refractivity contribution in [1.82, 2.24) is 10.3 Å². The van der Waals surface area contributed by atoms with Crippen molar-refractivity contribution < 1.29 is 17.9 Å². The van der Waals surface area contributed by atoms with E-state index in [-0.39, 0.29) is 12.0 Å². The van der Waals surface area contributed by atoms with Crippen molar-refractivity contribution in [3.8, 4) is 5.88 Å². The minimum absolute atomic E-state index is 0.00649. The first-order chi connectivity index (χ1) is 8.05. The molecule has 1 saturated heterocycles. The predicted molar refractivity (Wildman–Crippen MR) is 55.8 cm³/mol. The molecule has 2 rings (SSSR count). The van der Waals surface area contributed by atoms with Crippen molar-refractivity contribution in [2.75, 3.05) is 13.1 Å². The maximum absolute atomic E-state index is 12.3. The van der Waals surface area contributed by atoms with E-state index in [2.05, 4.69) is 10.3 Å². The first kappa shape index (κ1) is 12.2. The highest BCUT2D eigenvalue weighted by atomic mass is 19.4. The van der Waals surface area contributed by atoms with Crippen molar-refractivity contribution in [3.63, 3.8) is 0 Å². The zero-order valence-corrected chi connectivity index (χ0v) is 9.13. The lowest BCUT2D eigenvalue weighted by atomic mass is 10.1. The summed E-state index contributed by atoms with van der Waals surface area (Å²) in [6, 6.07) is 2.25. The lowest BCUT2D eigenvalue weighted by molar-refractivity contribution is -0.137. The van der Waals surface area contributed by atoms with E-state index in [4.69, 9.17) is 4.74 Å². The summed E-state index contributed by atoms with van der Waals surface area (Å²) in [5, 5.41) is 3.16. The highest BCUT2D eigenvalue weighted by Crippen LogP contribution is 2.29. The lowest BCUT2D eigenvalue weighted by Gasteiger charge is -2.23. The van der Waals surface area contributed by atoms with Crippen molar-refractivity contribution in [2.24, 2.45) is 0 Å². The van der Waals surface area contributed by atoms with Crippen LogP contribution in [0.2, 0.25) is 0 Å². The number of hydrogen-bond acceptors (Lipinski definition) is 3. The Morgan fingerprint density at radius 3 is 2.71 bits per heavy atom. The summed E-state index contributed by atoms with van der Waals surface area (Å²) in [6.07, 6.45) is -1.65. The van der Waals surface area contributed by atoms with Crippen molar-refractivity contribution in [1.29, 1.82) is 0 Å². The SMILES string of the molecule is FC(F)(F)c1ccc(O[C@H]2CCCNC2)nc1. The first-order valence-corrected chi connectivity index (χ1v) is 5.46. The molecule has 3 nitrogen and oxygen atoms in total. The zero-order chi connectivity index (χ0) is 12.3. The third kappa shape index (κ3) is 3.33. The van der Waals surface area contributed by atoms with Gasteiger partial charge >= 0.3 is 6.18 Å². The number of aromatic nitrogens is 1. The molecule has 1 aromatic heterocycles. The molecule has 0 saturated carbocycles. The number of nitrogens with zero attached hydrogens (tertiary/aromatic N) is 1. The molecule has 0 unspecified atom stereocenters. The van der Waals surface area contributed by atoms with Crippen molar-refractivity contribution in [2.45, 2.75) is 25.1 Å². The Morgan fingerprint density at radius 2 is 2.18 bits per heavy atom. The average molecular weight is 246 g/mol. The second-order valence-electron chi connectivity index (χ2n) is 3.97. The van der Waals surface area contributed by atoms with Crippen LogP contribution in [0.1, 0.15) is 18.4 Å². The maximum Gasteiger partial charge on any atom is 0.417 e. The number of ether oxygens (including phenoxy) is 1. The van der Waals surface area contributed by atoms with Gasteiger partial charge in [0, 0.05) is 18.8 Å². The van der Waals surface area contributed by atoms with Gasteiger partial charge in [-0.3, -0.25) is 0 Å². The third-order valence-electron chi connectivity index (χ3n) is 2.60. The van der Waals surface area contributed by atoms with E-state index >= 15 is 0 Å². The Morgan fingerprint density at radius 1 is 1.35 bits per heavy atom. The number of nitrogens with one attached hydrogen (secondary N) is 1. The fourth-order valence-electron chi connectivity index (χ4n) is 1.71. The van der Waals surface area contributed by atoms with Crippen molar-refractivity contribution >= 4 is 0 Å². The number of alkyl halides is 3. The molecule has 1 aliphatic rings. The Balaban J connectivity index is 1.98. The summed E-state index contributed by atoms with van der Waals surface area (Å²) in [7, 11) is 0. The Labute approximate surface area is 97.0 Å². The molecule has 1 aromatic rings.